The second-order valence-electron chi connectivity index (χ2n) is 6.02. The van der Waals surface area contributed by atoms with E-state index in [0.29, 0.717) is 12.1 Å². The molecule has 1 aliphatic heterocycles. The van der Waals surface area contributed by atoms with E-state index in [1.165, 1.54) is 0 Å². The lowest BCUT2D eigenvalue weighted by Gasteiger charge is -2.24. The van der Waals surface area contributed by atoms with E-state index in [9.17, 15) is 13.2 Å². The molecule has 0 saturated carbocycles. The Bertz CT molecular complexity index is 813. The molecule has 3 rings (SSSR count). The highest BCUT2D eigenvalue weighted by atomic mass is 32.2. The molecule has 0 aliphatic carbocycles. The number of rotatable bonds is 2. The number of nitrogens with zero attached hydrogens (tertiary/aromatic N) is 2. The lowest BCUT2D eigenvalue weighted by molar-refractivity contribution is 0.0738. The third-order valence-electron chi connectivity index (χ3n) is 4.64. The highest BCUT2D eigenvalue weighted by Crippen LogP contribution is 2.27. The minimum atomic E-state index is -3.00. The number of carbonyl (C=O) groups is 1. The van der Waals surface area contributed by atoms with Crippen LogP contribution in [0.4, 0.5) is 0 Å². The first kappa shape index (κ1) is 15.1. The van der Waals surface area contributed by atoms with Crippen LogP contribution in [0, 0.1) is 6.92 Å². The molecule has 1 aromatic carbocycles. The van der Waals surface area contributed by atoms with Crippen LogP contribution in [0.25, 0.3) is 10.9 Å². The van der Waals surface area contributed by atoms with E-state index in [2.05, 4.69) is 0 Å². The molecule has 2 heterocycles. The van der Waals surface area contributed by atoms with Gasteiger partial charge in [-0.05, 0) is 25.0 Å². The largest absolute Gasteiger partial charge is 0.339 e. The van der Waals surface area contributed by atoms with Crippen LogP contribution in [-0.4, -0.2) is 48.4 Å². The molecule has 1 atom stereocenters. The molecule has 1 unspecified atom stereocenters. The van der Waals surface area contributed by atoms with Crippen LogP contribution in [0.2, 0.25) is 0 Å². The number of sulfone groups is 1. The summed E-state index contributed by atoms with van der Waals surface area (Å²) in [5.41, 5.74) is 2.58. The standard InChI is InChI=1S/C16H20N2O3S/c1-11-13-6-4-5-7-14(13)18(3)15(11)16(19)17(2)12-8-9-22(20,21)10-12/h4-7,12H,8-10H2,1-3H3. The Morgan fingerprint density at radius 3 is 2.59 bits per heavy atom. The summed E-state index contributed by atoms with van der Waals surface area (Å²) in [6.07, 6.45) is 0.521. The van der Waals surface area contributed by atoms with E-state index >= 15 is 0 Å². The van der Waals surface area contributed by atoms with Crippen LogP contribution in [0.1, 0.15) is 22.5 Å². The zero-order valence-corrected chi connectivity index (χ0v) is 13.9. The Morgan fingerprint density at radius 2 is 2.00 bits per heavy atom. The molecule has 1 aromatic heterocycles. The van der Waals surface area contributed by atoms with Gasteiger partial charge in [0.05, 0.1) is 11.5 Å². The Morgan fingerprint density at radius 1 is 1.32 bits per heavy atom. The van der Waals surface area contributed by atoms with Crippen molar-refractivity contribution in [2.24, 2.45) is 7.05 Å². The minimum Gasteiger partial charge on any atom is -0.339 e. The first-order chi connectivity index (χ1) is 10.3. The zero-order chi connectivity index (χ0) is 16.1. The van der Waals surface area contributed by atoms with Crippen LogP contribution >= 0.6 is 0 Å². The number of hydrogen-bond acceptors (Lipinski definition) is 3. The van der Waals surface area contributed by atoms with E-state index in [0.717, 1.165) is 16.5 Å². The van der Waals surface area contributed by atoms with Crippen LogP contribution < -0.4 is 0 Å². The fourth-order valence-electron chi connectivity index (χ4n) is 3.30. The van der Waals surface area contributed by atoms with Gasteiger partial charge in [0.15, 0.2) is 9.84 Å². The van der Waals surface area contributed by atoms with Gasteiger partial charge in [-0.25, -0.2) is 8.42 Å². The maximum atomic E-state index is 12.9. The van der Waals surface area contributed by atoms with Gasteiger partial charge in [0, 0.05) is 31.0 Å². The first-order valence-corrected chi connectivity index (χ1v) is 9.15. The van der Waals surface area contributed by atoms with Crippen molar-refractivity contribution in [3.8, 4) is 0 Å². The quantitative estimate of drug-likeness (QED) is 0.847. The molecule has 0 radical (unpaired) electrons. The van der Waals surface area contributed by atoms with Gasteiger partial charge < -0.3 is 9.47 Å². The number of amides is 1. The first-order valence-electron chi connectivity index (χ1n) is 7.33. The molecule has 2 aromatic rings. The van der Waals surface area contributed by atoms with Crippen molar-refractivity contribution in [3.63, 3.8) is 0 Å². The maximum absolute atomic E-state index is 12.9. The second-order valence-corrected chi connectivity index (χ2v) is 8.25. The average Bonchev–Trinajstić information content (AvgIpc) is 2.97. The summed E-state index contributed by atoms with van der Waals surface area (Å²) in [4.78, 5) is 14.5. The Labute approximate surface area is 130 Å². The average molecular weight is 320 g/mol. The van der Waals surface area contributed by atoms with Gasteiger partial charge in [0.2, 0.25) is 0 Å². The van der Waals surface area contributed by atoms with Gasteiger partial charge in [-0.3, -0.25) is 4.79 Å². The van der Waals surface area contributed by atoms with Crippen molar-refractivity contribution in [3.05, 3.63) is 35.5 Å². The number of fused-ring (bicyclic) bond motifs is 1. The van der Waals surface area contributed by atoms with Gasteiger partial charge in [-0.2, -0.15) is 0 Å². The molecule has 1 fully saturated rings. The van der Waals surface area contributed by atoms with Gasteiger partial charge >= 0.3 is 0 Å². The van der Waals surface area contributed by atoms with Crippen molar-refractivity contribution in [2.45, 2.75) is 19.4 Å². The number of aromatic nitrogens is 1. The molecular weight excluding hydrogens is 300 g/mol. The second kappa shape index (κ2) is 5.12. The number of benzene rings is 1. The van der Waals surface area contributed by atoms with Crippen LogP contribution in [0.3, 0.4) is 0 Å². The van der Waals surface area contributed by atoms with Gasteiger partial charge in [-0.1, -0.05) is 18.2 Å². The molecule has 1 saturated heterocycles. The SMILES string of the molecule is Cc1c(C(=O)N(C)C2CCS(=O)(=O)C2)n(C)c2ccccc12. The highest BCUT2D eigenvalue weighted by Gasteiger charge is 2.34. The van der Waals surface area contributed by atoms with Crippen molar-refractivity contribution >= 4 is 26.6 Å². The summed E-state index contributed by atoms with van der Waals surface area (Å²) < 4.78 is 25.2. The van der Waals surface area contributed by atoms with Crippen LogP contribution in [-0.2, 0) is 16.9 Å². The molecule has 5 nitrogen and oxygen atoms in total. The van der Waals surface area contributed by atoms with E-state index in [1.54, 1.807) is 11.9 Å². The van der Waals surface area contributed by atoms with E-state index < -0.39 is 9.84 Å². The Kier molecular flexibility index (Phi) is 3.51. The molecule has 22 heavy (non-hydrogen) atoms. The molecule has 0 N–H and O–H groups in total. The predicted octanol–water partition coefficient (Wildman–Crippen LogP) is 1.75. The normalized spacial score (nSPS) is 20.4. The third-order valence-corrected chi connectivity index (χ3v) is 6.39. The predicted molar refractivity (Wildman–Crippen MR) is 86.8 cm³/mol. The summed E-state index contributed by atoms with van der Waals surface area (Å²) in [6, 6.07) is 7.66. The number of carbonyl (C=O) groups excluding carboxylic acids is 1. The van der Waals surface area contributed by atoms with Crippen LogP contribution in [0.15, 0.2) is 24.3 Å². The van der Waals surface area contributed by atoms with Crippen LogP contribution in [0.5, 0.6) is 0 Å². The zero-order valence-electron chi connectivity index (χ0n) is 13.0. The smallest absolute Gasteiger partial charge is 0.270 e. The third kappa shape index (κ3) is 2.31. The molecular formula is C16H20N2O3S. The molecule has 1 aliphatic rings. The van der Waals surface area contributed by atoms with Crippen molar-refractivity contribution < 1.29 is 13.2 Å². The summed E-state index contributed by atoms with van der Waals surface area (Å²) in [6.45, 7) is 1.94. The van der Waals surface area contributed by atoms with E-state index in [1.807, 2.05) is 42.8 Å². The molecule has 118 valence electrons. The number of aryl methyl sites for hydroxylation is 2. The summed E-state index contributed by atoms with van der Waals surface area (Å²) in [5, 5.41) is 1.06. The van der Waals surface area contributed by atoms with Gasteiger partial charge in [-0.15, -0.1) is 0 Å². The molecule has 0 bridgehead atoms. The molecule has 1 amide bonds. The summed E-state index contributed by atoms with van der Waals surface area (Å²) in [5.74, 6) is 0.125. The van der Waals surface area contributed by atoms with E-state index in [4.69, 9.17) is 0 Å². The van der Waals surface area contributed by atoms with Gasteiger partial charge in [0.1, 0.15) is 5.69 Å². The fraction of sp³-hybridized carbons (Fsp3) is 0.438. The van der Waals surface area contributed by atoms with Crippen molar-refractivity contribution in [1.29, 1.82) is 0 Å². The Balaban J connectivity index is 1.99. The summed E-state index contributed by atoms with van der Waals surface area (Å²) >= 11 is 0. The minimum absolute atomic E-state index is 0.0677. The highest BCUT2D eigenvalue weighted by molar-refractivity contribution is 7.91. The monoisotopic (exact) mass is 320 g/mol. The number of para-hydroxylation sites is 1. The van der Waals surface area contributed by atoms with Gasteiger partial charge in [0.25, 0.3) is 5.91 Å². The topological polar surface area (TPSA) is 59.4 Å². The lowest BCUT2D eigenvalue weighted by atomic mass is 10.1. The van der Waals surface area contributed by atoms with Crippen molar-refractivity contribution in [2.75, 3.05) is 18.6 Å². The molecule has 6 heteroatoms. The lowest BCUT2D eigenvalue weighted by Crippen LogP contribution is -2.38. The molecule has 0 spiro atoms. The van der Waals surface area contributed by atoms with E-state index in [-0.39, 0.29) is 23.5 Å². The fourth-order valence-corrected chi connectivity index (χ4v) is 5.07. The number of hydrogen-bond donors (Lipinski definition) is 0. The van der Waals surface area contributed by atoms with Crippen molar-refractivity contribution in [1.82, 2.24) is 9.47 Å². The summed E-state index contributed by atoms with van der Waals surface area (Å²) in [7, 11) is 0.574. The maximum Gasteiger partial charge on any atom is 0.270 e. The Hall–Kier alpha value is -1.82.